The lowest BCUT2D eigenvalue weighted by molar-refractivity contribution is 0.575. The van der Waals surface area contributed by atoms with E-state index >= 15 is 0 Å². The molecule has 2 unspecified atom stereocenters. The smallest absolute Gasteiger partial charge is 0.250 e. The van der Waals surface area contributed by atoms with Gasteiger partial charge in [0.25, 0.3) is 0 Å². The van der Waals surface area contributed by atoms with Crippen molar-refractivity contribution in [3.8, 4) is 0 Å². The Balaban J connectivity index is 1.98. The molecule has 0 spiro atoms. The summed E-state index contributed by atoms with van der Waals surface area (Å²) >= 11 is 1.32. The molecule has 1 aromatic heterocycles. The van der Waals surface area contributed by atoms with Crippen molar-refractivity contribution >= 4 is 21.4 Å². The first-order chi connectivity index (χ1) is 8.56. The Hall–Kier alpha value is -0.430. The Morgan fingerprint density at radius 2 is 2.28 bits per heavy atom. The third-order valence-corrected chi connectivity index (χ3v) is 6.31. The minimum absolute atomic E-state index is 0.148. The van der Waals surface area contributed by atoms with E-state index in [4.69, 9.17) is 5.73 Å². The van der Waals surface area contributed by atoms with Gasteiger partial charge < -0.3 is 5.73 Å². The lowest BCUT2D eigenvalue weighted by Crippen LogP contribution is -2.26. The van der Waals surface area contributed by atoms with Crippen LogP contribution in [-0.2, 0) is 16.4 Å². The second-order valence-corrected chi connectivity index (χ2v) is 7.88. The average Bonchev–Trinajstić information content (AvgIpc) is 2.84. The normalized spacial score (nSPS) is 23.2. The van der Waals surface area contributed by atoms with Crippen molar-refractivity contribution in [2.45, 2.75) is 42.9 Å². The monoisotopic (exact) mass is 288 g/mol. The largest absolute Gasteiger partial charge is 0.330 e. The fourth-order valence-corrected chi connectivity index (χ4v) is 4.82. The van der Waals surface area contributed by atoms with Gasteiger partial charge in [0, 0.05) is 10.9 Å². The maximum atomic E-state index is 12.1. The average molecular weight is 288 g/mol. The summed E-state index contributed by atoms with van der Waals surface area (Å²) in [6, 6.07) is 3.67. The highest BCUT2D eigenvalue weighted by molar-refractivity contribution is 7.91. The number of hydrogen-bond acceptors (Lipinski definition) is 4. The molecule has 1 heterocycles. The third-order valence-electron chi connectivity index (χ3n) is 3.18. The second kappa shape index (κ2) is 5.69. The van der Waals surface area contributed by atoms with Gasteiger partial charge in [-0.3, -0.25) is 0 Å². The molecule has 0 bridgehead atoms. The van der Waals surface area contributed by atoms with Gasteiger partial charge in [0.05, 0.1) is 0 Å². The SMILES string of the molecule is CCCC1CC1NS(=O)(=O)c1ccc(CCN)s1. The number of thiophene rings is 1. The van der Waals surface area contributed by atoms with Gasteiger partial charge in [-0.25, -0.2) is 13.1 Å². The van der Waals surface area contributed by atoms with Crippen molar-refractivity contribution < 1.29 is 8.42 Å². The van der Waals surface area contributed by atoms with E-state index in [-0.39, 0.29) is 6.04 Å². The van der Waals surface area contributed by atoms with Crippen molar-refractivity contribution in [3.05, 3.63) is 17.0 Å². The molecule has 1 aliphatic carbocycles. The van der Waals surface area contributed by atoms with Gasteiger partial charge in [-0.05, 0) is 43.9 Å². The van der Waals surface area contributed by atoms with E-state index in [0.717, 1.165) is 30.6 Å². The number of nitrogens with one attached hydrogen (secondary N) is 1. The zero-order valence-electron chi connectivity index (χ0n) is 10.6. The van der Waals surface area contributed by atoms with E-state index in [2.05, 4.69) is 11.6 Å². The van der Waals surface area contributed by atoms with Crippen molar-refractivity contribution in [2.75, 3.05) is 6.54 Å². The van der Waals surface area contributed by atoms with E-state index in [0.29, 0.717) is 16.7 Å². The molecule has 1 aromatic rings. The van der Waals surface area contributed by atoms with Crippen LogP contribution < -0.4 is 10.5 Å². The van der Waals surface area contributed by atoms with Crippen LogP contribution in [-0.4, -0.2) is 21.0 Å². The minimum atomic E-state index is -3.32. The quantitative estimate of drug-likeness (QED) is 0.802. The van der Waals surface area contributed by atoms with Gasteiger partial charge in [-0.15, -0.1) is 11.3 Å². The maximum absolute atomic E-state index is 12.1. The topological polar surface area (TPSA) is 72.2 Å². The lowest BCUT2D eigenvalue weighted by atomic mass is 10.2. The Morgan fingerprint density at radius 3 is 2.94 bits per heavy atom. The van der Waals surface area contributed by atoms with Crippen molar-refractivity contribution in [2.24, 2.45) is 11.7 Å². The molecule has 0 aliphatic heterocycles. The molecule has 1 fully saturated rings. The van der Waals surface area contributed by atoms with Crippen LogP contribution in [0.1, 0.15) is 31.1 Å². The highest BCUT2D eigenvalue weighted by Crippen LogP contribution is 2.36. The Bertz CT molecular complexity index is 496. The first-order valence-electron chi connectivity index (χ1n) is 6.38. The first-order valence-corrected chi connectivity index (χ1v) is 8.68. The summed E-state index contributed by atoms with van der Waals surface area (Å²) in [5.41, 5.74) is 5.46. The summed E-state index contributed by atoms with van der Waals surface area (Å²) in [5.74, 6) is 0.535. The molecule has 1 saturated carbocycles. The molecule has 0 amide bonds. The molecular weight excluding hydrogens is 268 g/mol. The van der Waals surface area contributed by atoms with Crippen molar-refractivity contribution in [1.29, 1.82) is 0 Å². The van der Waals surface area contributed by atoms with Crippen LogP contribution in [0.3, 0.4) is 0 Å². The van der Waals surface area contributed by atoms with Gasteiger partial charge in [0.1, 0.15) is 4.21 Å². The van der Waals surface area contributed by atoms with Crippen molar-refractivity contribution in [3.63, 3.8) is 0 Å². The molecule has 2 atom stereocenters. The number of rotatable bonds is 7. The number of hydrogen-bond donors (Lipinski definition) is 2. The first kappa shape index (κ1) is 14.0. The third kappa shape index (κ3) is 3.32. The van der Waals surface area contributed by atoms with Gasteiger partial charge in [-0.2, -0.15) is 0 Å². The summed E-state index contributed by atoms with van der Waals surface area (Å²) in [5, 5.41) is 0. The van der Waals surface area contributed by atoms with Crippen LogP contribution >= 0.6 is 11.3 Å². The molecule has 0 radical (unpaired) electrons. The van der Waals surface area contributed by atoms with Crippen LogP contribution in [0.15, 0.2) is 16.3 Å². The highest BCUT2D eigenvalue weighted by atomic mass is 32.2. The summed E-state index contributed by atoms with van der Waals surface area (Å²) in [4.78, 5) is 1.03. The molecule has 102 valence electrons. The Kier molecular flexibility index (Phi) is 4.42. The molecule has 18 heavy (non-hydrogen) atoms. The summed E-state index contributed by atoms with van der Waals surface area (Å²) in [6.45, 7) is 2.68. The van der Waals surface area contributed by atoms with Crippen LogP contribution in [0, 0.1) is 5.92 Å². The molecule has 1 aliphatic rings. The molecule has 0 saturated heterocycles. The Morgan fingerprint density at radius 1 is 1.50 bits per heavy atom. The number of sulfonamides is 1. The fraction of sp³-hybridized carbons (Fsp3) is 0.667. The Labute approximate surface area is 113 Å². The summed E-state index contributed by atoms with van der Waals surface area (Å²) in [6.07, 6.45) is 3.94. The molecule has 0 aromatic carbocycles. The van der Waals surface area contributed by atoms with E-state index in [1.807, 2.05) is 6.07 Å². The zero-order valence-corrected chi connectivity index (χ0v) is 12.2. The molecule has 2 rings (SSSR count). The summed E-state index contributed by atoms with van der Waals surface area (Å²) < 4.78 is 27.4. The van der Waals surface area contributed by atoms with Crippen LogP contribution in [0.25, 0.3) is 0 Å². The standard InChI is InChI=1S/C12H20N2O2S2/c1-2-3-9-8-11(9)14-18(15,16)12-5-4-10(17-12)6-7-13/h4-5,9,11,14H,2-3,6-8,13H2,1H3. The van der Waals surface area contributed by atoms with Gasteiger partial charge in [0.15, 0.2) is 0 Å². The van der Waals surface area contributed by atoms with Crippen LogP contribution in [0.4, 0.5) is 0 Å². The van der Waals surface area contributed by atoms with Gasteiger partial charge in [0.2, 0.25) is 10.0 Å². The number of nitrogens with two attached hydrogens (primary N) is 1. The van der Waals surface area contributed by atoms with Crippen LogP contribution in [0.5, 0.6) is 0 Å². The van der Waals surface area contributed by atoms with Gasteiger partial charge in [-0.1, -0.05) is 13.3 Å². The molecular formula is C12H20N2O2S2. The van der Waals surface area contributed by atoms with E-state index in [1.54, 1.807) is 6.07 Å². The zero-order chi connectivity index (χ0) is 13.2. The van der Waals surface area contributed by atoms with Crippen molar-refractivity contribution in [1.82, 2.24) is 4.72 Å². The highest BCUT2D eigenvalue weighted by Gasteiger charge is 2.39. The van der Waals surface area contributed by atoms with E-state index < -0.39 is 10.0 Å². The molecule has 4 nitrogen and oxygen atoms in total. The van der Waals surface area contributed by atoms with Gasteiger partial charge >= 0.3 is 0 Å². The minimum Gasteiger partial charge on any atom is -0.330 e. The second-order valence-electron chi connectivity index (χ2n) is 4.77. The van der Waals surface area contributed by atoms with Crippen LogP contribution in [0.2, 0.25) is 0 Å². The molecule has 6 heteroatoms. The van der Waals surface area contributed by atoms with E-state index in [1.165, 1.54) is 11.3 Å². The maximum Gasteiger partial charge on any atom is 0.250 e. The van der Waals surface area contributed by atoms with E-state index in [9.17, 15) is 8.42 Å². The summed E-state index contributed by atoms with van der Waals surface area (Å²) in [7, 11) is -3.32. The lowest BCUT2D eigenvalue weighted by Gasteiger charge is -2.03. The fourth-order valence-electron chi connectivity index (χ4n) is 2.12. The molecule has 3 N–H and O–H groups in total. The predicted octanol–water partition coefficient (Wildman–Crippen LogP) is 1.72. The predicted molar refractivity (Wildman–Crippen MR) is 74.2 cm³/mol.